The van der Waals surface area contributed by atoms with Gasteiger partial charge in [0.25, 0.3) is 5.91 Å². The van der Waals surface area contributed by atoms with E-state index < -0.39 is 5.54 Å². The summed E-state index contributed by atoms with van der Waals surface area (Å²) in [6, 6.07) is 7.49. The minimum atomic E-state index is -0.422. The van der Waals surface area contributed by atoms with Crippen LogP contribution in [0.25, 0.3) is 31.9 Å². The largest absolute Gasteiger partial charge is 0.397 e. The molecule has 0 radical (unpaired) electrons. The third kappa shape index (κ3) is 8.79. The van der Waals surface area contributed by atoms with Crippen LogP contribution in [0.15, 0.2) is 40.7 Å². The number of hydrogen-bond donors (Lipinski definition) is 4. The molecule has 5 N–H and O–H groups in total. The summed E-state index contributed by atoms with van der Waals surface area (Å²) in [6.45, 7) is 7.46. The van der Waals surface area contributed by atoms with Crippen molar-refractivity contribution in [2.24, 2.45) is 5.11 Å². The van der Waals surface area contributed by atoms with Gasteiger partial charge in [0, 0.05) is 28.2 Å². The summed E-state index contributed by atoms with van der Waals surface area (Å²) < 4.78 is 6.98. The predicted octanol–water partition coefficient (Wildman–Crippen LogP) is 3.84. The van der Waals surface area contributed by atoms with Crippen LogP contribution in [0.3, 0.4) is 0 Å². The molecule has 0 aliphatic rings. The van der Waals surface area contributed by atoms with Crippen LogP contribution in [0.2, 0.25) is 0 Å². The number of azide groups is 1. The zero-order valence-corrected chi connectivity index (χ0v) is 26.5. The smallest absolute Gasteiger partial charge is 0.263 e. The van der Waals surface area contributed by atoms with Crippen LogP contribution in [0.1, 0.15) is 36.1 Å². The predicted molar refractivity (Wildman–Crippen MR) is 171 cm³/mol. The highest BCUT2D eigenvalue weighted by Gasteiger charge is 2.24. The lowest BCUT2D eigenvalue weighted by Gasteiger charge is -2.20. The molecule has 0 atom stereocenters. The second kappa shape index (κ2) is 14.8. The summed E-state index contributed by atoms with van der Waals surface area (Å²) in [4.78, 5) is 38.6. The summed E-state index contributed by atoms with van der Waals surface area (Å²) in [5.41, 5.74) is 17.4. The highest BCUT2D eigenvalue weighted by molar-refractivity contribution is 7.98. The molecule has 0 saturated heterocycles. The van der Waals surface area contributed by atoms with Crippen molar-refractivity contribution in [2.45, 2.75) is 44.6 Å². The first-order chi connectivity index (χ1) is 21.1. The second-order valence-electron chi connectivity index (χ2n) is 10.5. The van der Waals surface area contributed by atoms with E-state index in [0.29, 0.717) is 62.8 Å². The monoisotopic (exact) mass is 638 g/mol. The van der Waals surface area contributed by atoms with E-state index in [1.165, 1.54) is 23.1 Å². The Labute approximate surface area is 262 Å². The Hall–Kier alpha value is -4.44. The minimum Gasteiger partial charge on any atom is -0.397 e. The lowest BCUT2D eigenvalue weighted by molar-refractivity contribution is -0.119. The number of thioether (sulfide) groups is 1. The standard InChI is InChI=1S/C27H34N12O3S2/c1-27(2,3)35-24(41)23-21(28)20-22(33-26(43-4)34-25(20)44-23)16-6-5-7-17(12-16)30-14-19(40)31-13-18-15-39(38-36-18)9-11-42-10-8-32-37-29/h5-7,12,15,30H,8-11,13-14,28H2,1-4H3,(H,31,40)(H,35,41). The van der Waals surface area contributed by atoms with E-state index in [4.69, 9.17) is 21.0 Å². The van der Waals surface area contributed by atoms with Gasteiger partial charge in [-0.05, 0) is 44.7 Å². The fraction of sp³-hybridized carbons (Fsp3) is 0.407. The first kappa shape index (κ1) is 32.5. The lowest BCUT2D eigenvalue weighted by atomic mass is 10.1. The fourth-order valence-corrected chi connectivity index (χ4v) is 5.43. The molecule has 0 unspecified atom stereocenters. The maximum absolute atomic E-state index is 13.0. The summed E-state index contributed by atoms with van der Waals surface area (Å²) in [5, 5.41) is 21.6. The van der Waals surface area contributed by atoms with E-state index in [1.54, 1.807) is 10.9 Å². The van der Waals surface area contributed by atoms with E-state index in [0.717, 1.165) is 5.56 Å². The SMILES string of the molecule is CSc1nc(-c2cccc(NCC(=O)NCc3cn(CCOCCN=[N+]=[N-])nn3)c2)c2c(N)c(C(=O)NC(C)(C)C)sc2n1. The fourth-order valence-electron chi connectivity index (χ4n) is 4.02. The minimum absolute atomic E-state index is 0.0313. The molecule has 3 aromatic heterocycles. The number of aromatic nitrogens is 5. The topological polar surface area (TPSA) is 211 Å². The van der Waals surface area contributed by atoms with Crippen molar-refractivity contribution in [2.75, 3.05) is 43.6 Å². The maximum atomic E-state index is 13.0. The number of nitrogens with one attached hydrogen (secondary N) is 3. The van der Waals surface area contributed by atoms with Crippen LogP contribution >= 0.6 is 23.1 Å². The average Bonchev–Trinajstić information content (AvgIpc) is 3.59. The van der Waals surface area contributed by atoms with Crippen LogP contribution in [0.4, 0.5) is 11.4 Å². The lowest BCUT2D eigenvalue weighted by Crippen LogP contribution is -2.40. The first-order valence-corrected chi connectivity index (χ1v) is 15.7. The number of nitrogens with two attached hydrogens (primary N) is 1. The highest BCUT2D eigenvalue weighted by Crippen LogP contribution is 2.40. The van der Waals surface area contributed by atoms with E-state index >= 15 is 0 Å². The van der Waals surface area contributed by atoms with Gasteiger partial charge in [0.2, 0.25) is 5.91 Å². The van der Waals surface area contributed by atoms with Crippen molar-refractivity contribution in [1.82, 2.24) is 35.6 Å². The Balaban J connectivity index is 1.39. The Morgan fingerprint density at radius 2 is 2.07 bits per heavy atom. The molecule has 0 aliphatic heterocycles. The molecular weight excluding hydrogens is 605 g/mol. The average molecular weight is 639 g/mol. The van der Waals surface area contributed by atoms with E-state index in [2.05, 4.69) is 41.3 Å². The van der Waals surface area contributed by atoms with Crippen molar-refractivity contribution in [3.05, 3.63) is 51.5 Å². The molecule has 2 amide bonds. The van der Waals surface area contributed by atoms with Gasteiger partial charge < -0.3 is 26.4 Å². The number of nitrogen functional groups attached to an aromatic ring is 1. The van der Waals surface area contributed by atoms with Crippen molar-refractivity contribution < 1.29 is 14.3 Å². The van der Waals surface area contributed by atoms with Gasteiger partial charge in [-0.1, -0.05) is 34.2 Å². The molecule has 0 aliphatic carbocycles. The molecule has 0 bridgehead atoms. The summed E-state index contributed by atoms with van der Waals surface area (Å²) in [6.07, 6.45) is 3.62. The van der Waals surface area contributed by atoms with Gasteiger partial charge in [-0.2, -0.15) is 0 Å². The van der Waals surface area contributed by atoms with Crippen LogP contribution < -0.4 is 21.7 Å². The molecule has 44 heavy (non-hydrogen) atoms. The molecular formula is C27H34N12O3S2. The van der Waals surface area contributed by atoms with Crippen molar-refractivity contribution in [3.63, 3.8) is 0 Å². The van der Waals surface area contributed by atoms with Gasteiger partial charge in [-0.3, -0.25) is 9.59 Å². The number of fused-ring (bicyclic) bond motifs is 1. The summed E-state index contributed by atoms with van der Waals surface area (Å²) in [5.74, 6) is -0.483. The van der Waals surface area contributed by atoms with Crippen molar-refractivity contribution >= 4 is 56.5 Å². The van der Waals surface area contributed by atoms with Gasteiger partial charge >= 0.3 is 0 Å². The normalized spacial score (nSPS) is 11.3. The molecule has 3 heterocycles. The van der Waals surface area contributed by atoms with Gasteiger partial charge in [-0.15, -0.1) is 16.4 Å². The number of carbonyl (C=O) groups is 2. The number of thiophene rings is 1. The molecule has 0 saturated carbocycles. The number of anilines is 2. The number of ether oxygens (including phenoxy) is 1. The molecule has 17 heteroatoms. The molecule has 4 rings (SSSR count). The Morgan fingerprint density at radius 1 is 1.25 bits per heavy atom. The molecule has 0 fully saturated rings. The van der Waals surface area contributed by atoms with Gasteiger partial charge in [0.05, 0.1) is 55.8 Å². The van der Waals surface area contributed by atoms with E-state index in [1.807, 2.05) is 51.3 Å². The van der Waals surface area contributed by atoms with Crippen LogP contribution in [-0.2, 0) is 22.6 Å². The summed E-state index contributed by atoms with van der Waals surface area (Å²) >= 11 is 2.64. The third-order valence-electron chi connectivity index (χ3n) is 5.95. The zero-order chi connectivity index (χ0) is 31.7. The van der Waals surface area contributed by atoms with Crippen LogP contribution in [0, 0.1) is 0 Å². The number of hydrogen-bond acceptors (Lipinski definition) is 12. The van der Waals surface area contributed by atoms with Crippen LogP contribution in [0.5, 0.6) is 0 Å². The van der Waals surface area contributed by atoms with Crippen molar-refractivity contribution in [3.8, 4) is 11.3 Å². The Bertz CT molecular complexity index is 1670. The molecule has 15 nitrogen and oxygen atoms in total. The van der Waals surface area contributed by atoms with Crippen LogP contribution in [-0.4, -0.2) is 74.9 Å². The number of amides is 2. The second-order valence-corrected chi connectivity index (χ2v) is 12.3. The quantitative estimate of drug-likeness (QED) is 0.0391. The van der Waals surface area contributed by atoms with Gasteiger partial charge in [0.15, 0.2) is 5.16 Å². The molecule has 232 valence electrons. The molecule has 0 spiro atoms. The Morgan fingerprint density at radius 3 is 2.82 bits per heavy atom. The van der Waals surface area contributed by atoms with Gasteiger partial charge in [-0.25, -0.2) is 14.6 Å². The number of benzene rings is 1. The molecule has 4 aromatic rings. The number of carbonyl (C=O) groups excluding carboxylic acids is 2. The first-order valence-electron chi connectivity index (χ1n) is 13.6. The zero-order valence-electron chi connectivity index (χ0n) is 24.8. The third-order valence-corrected chi connectivity index (χ3v) is 7.60. The number of rotatable bonds is 14. The Kier molecular flexibility index (Phi) is 10.9. The highest BCUT2D eigenvalue weighted by atomic mass is 32.2. The van der Waals surface area contributed by atoms with E-state index in [-0.39, 0.29) is 31.4 Å². The van der Waals surface area contributed by atoms with Crippen molar-refractivity contribution in [1.29, 1.82) is 0 Å². The van der Waals surface area contributed by atoms with Gasteiger partial charge in [0.1, 0.15) is 15.4 Å². The maximum Gasteiger partial charge on any atom is 0.263 e. The summed E-state index contributed by atoms with van der Waals surface area (Å²) in [7, 11) is 0. The number of nitrogens with zero attached hydrogens (tertiary/aromatic N) is 8. The van der Waals surface area contributed by atoms with E-state index in [9.17, 15) is 9.59 Å². The molecule has 1 aromatic carbocycles.